The predicted molar refractivity (Wildman–Crippen MR) is 244 cm³/mol. The zero-order valence-corrected chi connectivity index (χ0v) is 39.4. The zero-order valence-electron chi connectivity index (χ0n) is 38.5. The second kappa shape index (κ2) is 45.6. The molecular weight excluding hydrogens is 748 g/mol. The fourth-order valence-corrected chi connectivity index (χ4v) is 8.21. The summed E-state index contributed by atoms with van der Waals surface area (Å²) in [6.45, 7) is 3.75. The molecule has 0 aromatic heterocycles. The van der Waals surface area contributed by atoms with E-state index < -0.39 is 32.5 Å². The van der Waals surface area contributed by atoms with Gasteiger partial charge in [0.15, 0.2) is 6.10 Å². The van der Waals surface area contributed by atoms with Gasteiger partial charge in [-0.1, -0.05) is 258 Å². The van der Waals surface area contributed by atoms with Crippen LogP contribution in [0.5, 0.6) is 0 Å². The van der Waals surface area contributed by atoms with Gasteiger partial charge in [0.05, 0.1) is 6.61 Å². The van der Waals surface area contributed by atoms with Gasteiger partial charge in [-0.05, 0) is 12.8 Å². The van der Waals surface area contributed by atoms with Crippen LogP contribution in [0.15, 0.2) is 0 Å². The average molecular weight is 845 g/mol. The minimum Gasteiger partial charge on any atom is -0.462 e. The van der Waals surface area contributed by atoms with Crippen LogP contribution >= 0.6 is 7.82 Å². The lowest BCUT2D eigenvalue weighted by Gasteiger charge is -2.18. The Morgan fingerprint density at radius 1 is 0.379 bits per heavy atom. The number of carbonyl (C=O) groups excluding carboxylic acids is 2. The molecule has 0 spiro atoms. The molecule has 0 fully saturated rings. The fraction of sp³-hybridized carbons (Fsp3) is 0.959. The number of phosphoric ester groups is 1. The fourth-order valence-electron chi connectivity index (χ4n) is 7.85. The standard InChI is InChI=1S/C49H97O8P/c1-3-5-7-9-11-13-15-17-19-21-23-24-26-28-30-32-34-36-38-40-42-44-49(51)57-47(46-56-58(52,53)54)45-55-48(50)43-41-39-37-35-33-31-29-27-25-22-20-18-16-14-12-10-8-6-4-2/h47H,3-46H2,1-2H3,(H2,52,53,54). The Kier molecular flexibility index (Phi) is 44.8. The molecule has 9 heteroatoms. The van der Waals surface area contributed by atoms with Crippen LogP contribution in [0.3, 0.4) is 0 Å². The molecule has 2 N–H and O–H groups in total. The van der Waals surface area contributed by atoms with E-state index in [-0.39, 0.29) is 19.4 Å². The summed E-state index contributed by atoms with van der Waals surface area (Å²) in [7, 11) is -4.75. The summed E-state index contributed by atoms with van der Waals surface area (Å²) in [5.41, 5.74) is 0. The maximum Gasteiger partial charge on any atom is 0.469 e. The highest BCUT2D eigenvalue weighted by Gasteiger charge is 2.23. The van der Waals surface area contributed by atoms with Crippen molar-refractivity contribution in [1.29, 1.82) is 0 Å². The van der Waals surface area contributed by atoms with Crippen molar-refractivity contribution in [2.45, 2.75) is 290 Å². The number of carbonyl (C=O) groups is 2. The predicted octanol–water partition coefficient (Wildman–Crippen LogP) is 16.0. The first-order valence-electron chi connectivity index (χ1n) is 25.3. The molecule has 1 unspecified atom stereocenters. The first-order valence-corrected chi connectivity index (χ1v) is 26.9. The second-order valence-corrected chi connectivity index (χ2v) is 18.8. The number of ether oxygens (including phenoxy) is 2. The van der Waals surface area contributed by atoms with Gasteiger partial charge >= 0.3 is 19.8 Å². The summed E-state index contributed by atoms with van der Waals surface area (Å²) >= 11 is 0. The van der Waals surface area contributed by atoms with Crippen LogP contribution in [0.2, 0.25) is 0 Å². The smallest absolute Gasteiger partial charge is 0.462 e. The van der Waals surface area contributed by atoms with Crippen molar-refractivity contribution in [2.24, 2.45) is 0 Å². The monoisotopic (exact) mass is 845 g/mol. The SMILES string of the molecule is CCCCCCCCCCCCCCCCCCCCCCCC(=O)OC(COC(=O)CCCCCCCCCCCCCCCCCCCCC)COP(=O)(O)O. The van der Waals surface area contributed by atoms with Crippen LogP contribution in [0, 0.1) is 0 Å². The summed E-state index contributed by atoms with van der Waals surface area (Å²) in [6, 6.07) is 0. The van der Waals surface area contributed by atoms with E-state index in [0.717, 1.165) is 32.1 Å². The highest BCUT2D eigenvalue weighted by molar-refractivity contribution is 7.46. The summed E-state index contributed by atoms with van der Waals surface area (Å²) in [6.07, 6.45) is 51.2. The van der Waals surface area contributed by atoms with E-state index in [4.69, 9.17) is 19.3 Å². The topological polar surface area (TPSA) is 119 Å². The van der Waals surface area contributed by atoms with Crippen molar-refractivity contribution < 1.29 is 37.9 Å². The van der Waals surface area contributed by atoms with E-state index >= 15 is 0 Å². The molecule has 346 valence electrons. The molecular formula is C49H97O8P. The molecule has 58 heavy (non-hydrogen) atoms. The maximum absolute atomic E-state index is 12.5. The van der Waals surface area contributed by atoms with Gasteiger partial charge in [0.2, 0.25) is 0 Å². The van der Waals surface area contributed by atoms with E-state index in [1.807, 2.05) is 0 Å². The number of hydrogen-bond acceptors (Lipinski definition) is 6. The van der Waals surface area contributed by atoms with E-state index in [1.54, 1.807) is 0 Å². The van der Waals surface area contributed by atoms with Crippen molar-refractivity contribution in [3.05, 3.63) is 0 Å². The lowest BCUT2D eigenvalue weighted by Crippen LogP contribution is -2.29. The molecule has 0 saturated heterocycles. The van der Waals surface area contributed by atoms with E-state index in [1.165, 1.54) is 218 Å². The van der Waals surface area contributed by atoms with E-state index in [2.05, 4.69) is 18.4 Å². The Balaban J connectivity index is 3.76. The van der Waals surface area contributed by atoms with Gasteiger partial charge in [0.1, 0.15) is 6.61 Å². The highest BCUT2D eigenvalue weighted by Crippen LogP contribution is 2.36. The minimum absolute atomic E-state index is 0.221. The number of esters is 2. The molecule has 0 aromatic carbocycles. The minimum atomic E-state index is -4.75. The van der Waals surface area contributed by atoms with Crippen LogP contribution in [0.25, 0.3) is 0 Å². The average Bonchev–Trinajstić information content (AvgIpc) is 3.20. The summed E-state index contributed by atoms with van der Waals surface area (Å²) in [4.78, 5) is 43.1. The van der Waals surface area contributed by atoms with Gasteiger partial charge in [-0.2, -0.15) is 0 Å². The number of phosphoric acid groups is 1. The third-order valence-corrected chi connectivity index (χ3v) is 12.1. The quantitative estimate of drug-likeness (QED) is 0.0353. The molecule has 0 aliphatic heterocycles. The van der Waals surface area contributed by atoms with Gasteiger partial charge in [-0.25, -0.2) is 4.57 Å². The van der Waals surface area contributed by atoms with Crippen molar-refractivity contribution in [3.63, 3.8) is 0 Å². The molecule has 1 atom stereocenters. The Morgan fingerprint density at radius 2 is 0.621 bits per heavy atom. The number of rotatable bonds is 48. The van der Waals surface area contributed by atoms with Gasteiger partial charge < -0.3 is 19.3 Å². The number of hydrogen-bond donors (Lipinski definition) is 2. The van der Waals surface area contributed by atoms with Crippen LogP contribution in [0.4, 0.5) is 0 Å². The van der Waals surface area contributed by atoms with Gasteiger partial charge in [0, 0.05) is 12.8 Å². The van der Waals surface area contributed by atoms with Crippen LogP contribution in [0.1, 0.15) is 284 Å². The summed E-state index contributed by atoms with van der Waals surface area (Å²) < 4.78 is 26.5. The lowest BCUT2D eigenvalue weighted by molar-refractivity contribution is -0.161. The Morgan fingerprint density at radius 3 is 0.879 bits per heavy atom. The summed E-state index contributed by atoms with van der Waals surface area (Å²) in [5.74, 6) is -0.861. The molecule has 0 rings (SSSR count). The molecule has 0 radical (unpaired) electrons. The van der Waals surface area contributed by atoms with Gasteiger partial charge in [-0.15, -0.1) is 0 Å². The molecule has 0 saturated carbocycles. The highest BCUT2D eigenvalue weighted by atomic mass is 31.2. The van der Waals surface area contributed by atoms with Crippen molar-refractivity contribution in [1.82, 2.24) is 0 Å². The lowest BCUT2D eigenvalue weighted by atomic mass is 10.0. The molecule has 0 aromatic rings. The van der Waals surface area contributed by atoms with Crippen molar-refractivity contribution >= 4 is 19.8 Å². The molecule has 0 heterocycles. The van der Waals surface area contributed by atoms with E-state index in [0.29, 0.717) is 6.42 Å². The molecule has 0 bridgehead atoms. The summed E-state index contributed by atoms with van der Waals surface area (Å²) in [5, 5.41) is 0. The first kappa shape index (κ1) is 57.1. The Hall–Kier alpha value is -0.950. The van der Waals surface area contributed by atoms with Crippen LogP contribution < -0.4 is 0 Å². The maximum atomic E-state index is 12.5. The van der Waals surface area contributed by atoms with Crippen LogP contribution in [-0.4, -0.2) is 41.0 Å². The van der Waals surface area contributed by atoms with Gasteiger partial charge in [-0.3, -0.25) is 14.1 Å². The number of unbranched alkanes of at least 4 members (excludes halogenated alkanes) is 38. The Bertz CT molecular complexity index is 909. The normalized spacial score (nSPS) is 12.3. The van der Waals surface area contributed by atoms with Crippen molar-refractivity contribution in [3.8, 4) is 0 Å². The Labute approximate surface area is 359 Å². The van der Waals surface area contributed by atoms with Crippen molar-refractivity contribution in [2.75, 3.05) is 13.2 Å². The van der Waals surface area contributed by atoms with E-state index in [9.17, 15) is 14.2 Å². The molecule has 0 aliphatic rings. The molecule has 0 aliphatic carbocycles. The second-order valence-electron chi connectivity index (χ2n) is 17.5. The van der Waals surface area contributed by atoms with Crippen LogP contribution in [-0.2, 0) is 28.2 Å². The first-order chi connectivity index (χ1) is 28.3. The largest absolute Gasteiger partial charge is 0.469 e. The third kappa shape index (κ3) is 47.7. The molecule has 8 nitrogen and oxygen atoms in total. The third-order valence-electron chi connectivity index (χ3n) is 11.6. The van der Waals surface area contributed by atoms with Gasteiger partial charge in [0.25, 0.3) is 0 Å². The zero-order chi connectivity index (χ0) is 42.5. The molecule has 0 amide bonds.